The summed E-state index contributed by atoms with van der Waals surface area (Å²) in [7, 11) is 0. The van der Waals surface area contributed by atoms with Crippen LogP contribution < -0.4 is 0 Å². The van der Waals surface area contributed by atoms with Crippen LogP contribution in [-0.2, 0) is 0 Å². The summed E-state index contributed by atoms with van der Waals surface area (Å²) in [5, 5.41) is 1.73. The molecule has 0 spiro atoms. The van der Waals surface area contributed by atoms with Crippen molar-refractivity contribution in [3.8, 4) is 0 Å². The second kappa shape index (κ2) is 3.30. The molecule has 0 aliphatic carbocycles. The number of nitrogens with one attached hydrogen (secondary N) is 1. The molecule has 0 aliphatic heterocycles. The van der Waals surface area contributed by atoms with Gasteiger partial charge < -0.3 is 9.40 Å². The lowest BCUT2D eigenvalue weighted by atomic mass is 10.4. The SMILES string of the molecule is Cc1nc(Sc2ccco2)[nH]c1C. The van der Waals surface area contributed by atoms with Gasteiger partial charge in [-0.15, -0.1) is 0 Å². The molecule has 13 heavy (non-hydrogen) atoms. The fourth-order valence-corrected chi connectivity index (χ4v) is 1.81. The van der Waals surface area contributed by atoms with Gasteiger partial charge in [0.2, 0.25) is 0 Å². The molecule has 0 saturated heterocycles. The second-order valence-electron chi connectivity index (χ2n) is 2.79. The molecule has 0 amide bonds. The molecule has 2 rings (SSSR count). The normalized spacial score (nSPS) is 10.6. The second-order valence-corrected chi connectivity index (χ2v) is 3.78. The third-order valence-corrected chi connectivity index (χ3v) is 2.62. The van der Waals surface area contributed by atoms with Crippen molar-refractivity contribution in [2.75, 3.05) is 0 Å². The average Bonchev–Trinajstić information content (AvgIpc) is 2.64. The summed E-state index contributed by atoms with van der Waals surface area (Å²) in [6.45, 7) is 3.99. The Bertz CT molecular complexity index is 372. The summed E-state index contributed by atoms with van der Waals surface area (Å²) in [6, 6.07) is 3.78. The molecule has 0 aliphatic rings. The van der Waals surface area contributed by atoms with E-state index in [0.29, 0.717) is 0 Å². The topological polar surface area (TPSA) is 41.8 Å². The maximum Gasteiger partial charge on any atom is 0.173 e. The summed E-state index contributed by atoms with van der Waals surface area (Å²) >= 11 is 1.50. The number of furan rings is 1. The van der Waals surface area contributed by atoms with E-state index in [4.69, 9.17) is 4.42 Å². The van der Waals surface area contributed by atoms with E-state index in [1.54, 1.807) is 6.26 Å². The van der Waals surface area contributed by atoms with E-state index in [1.807, 2.05) is 26.0 Å². The van der Waals surface area contributed by atoms with Crippen LogP contribution in [0.15, 0.2) is 33.1 Å². The maximum atomic E-state index is 5.19. The largest absolute Gasteiger partial charge is 0.458 e. The molecule has 0 saturated carbocycles. The number of H-pyrrole nitrogens is 1. The molecule has 0 bridgehead atoms. The quantitative estimate of drug-likeness (QED) is 0.799. The first-order valence-corrected chi connectivity index (χ1v) is 4.82. The lowest BCUT2D eigenvalue weighted by molar-refractivity contribution is 0.474. The van der Waals surface area contributed by atoms with Gasteiger partial charge in [-0.05, 0) is 37.7 Å². The van der Waals surface area contributed by atoms with Gasteiger partial charge in [0.05, 0.1) is 12.0 Å². The van der Waals surface area contributed by atoms with E-state index in [0.717, 1.165) is 21.6 Å². The van der Waals surface area contributed by atoms with Crippen molar-refractivity contribution < 1.29 is 4.42 Å². The predicted molar refractivity (Wildman–Crippen MR) is 50.9 cm³/mol. The van der Waals surface area contributed by atoms with E-state index in [-0.39, 0.29) is 0 Å². The minimum absolute atomic E-state index is 0.855. The Morgan fingerprint density at radius 1 is 1.46 bits per heavy atom. The van der Waals surface area contributed by atoms with Crippen LogP contribution in [0.25, 0.3) is 0 Å². The Morgan fingerprint density at radius 2 is 2.31 bits per heavy atom. The van der Waals surface area contributed by atoms with Crippen LogP contribution >= 0.6 is 11.8 Å². The Morgan fingerprint density at radius 3 is 2.85 bits per heavy atom. The monoisotopic (exact) mass is 194 g/mol. The van der Waals surface area contributed by atoms with Crippen molar-refractivity contribution >= 4 is 11.8 Å². The molecule has 1 N–H and O–H groups in total. The molecule has 0 unspecified atom stereocenters. The van der Waals surface area contributed by atoms with Gasteiger partial charge in [0.25, 0.3) is 0 Å². The van der Waals surface area contributed by atoms with Crippen molar-refractivity contribution in [2.24, 2.45) is 0 Å². The molecule has 0 atom stereocenters. The summed E-state index contributed by atoms with van der Waals surface area (Å²) in [6.07, 6.45) is 1.66. The summed E-state index contributed by atoms with van der Waals surface area (Å²) < 4.78 is 5.19. The van der Waals surface area contributed by atoms with Crippen LogP contribution in [0.5, 0.6) is 0 Å². The molecule has 0 fully saturated rings. The highest BCUT2D eigenvalue weighted by atomic mass is 32.2. The van der Waals surface area contributed by atoms with E-state index in [2.05, 4.69) is 9.97 Å². The van der Waals surface area contributed by atoms with Gasteiger partial charge in [-0.2, -0.15) is 0 Å². The standard InChI is InChI=1S/C9H10N2OS/c1-6-7(2)11-9(10-6)13-8-4-3-5-12-8/h3-5H,1-2H3,(H,10,11). The highest BCUT2D eigenvalue weighted by Crippen LogP contribution is 2.25. The maximum absolute atomic E-state index is 5.19. The van der Waals surface area contributed by atoms with Crippen LogP contribution in [0.4, 0.5) is 0 Å². The summed E-state index contributed by atoms with van der Waals surface area (Å²) in [4.78, 5) is 7.51. The van der Waals surface area contributed by atoms with Gasteiger partial charge in [-0.1, -0.05) is 0 Å². The third kappa shape index (κ3) is 1.78. The minimum Gasteiger partial charge on any atom is -0.458 e. The summed E-state index contributed by atoms with van der Waals surface area (Å²) in [5.41, 5.74) is 2.14. The number of imidazole rings is 1. The highest BCUT2D eigenvalue weighted by molar-refractivity contribution is 7.99. The molecule has 0 radical (unpaired) electrons. The van der Waals surface area contributed by atoms with Crippen LogP contribution in [0.2, 0.25) is 0 Å². The first kappa shape index (κ1) is 8.44. The van der Waals surface area contributed by atoms with Crippen molar-refractivity contribution in [3.63, 3.8) is 0 Å². The Balaban J connectivity index is 2.19. The van der Waals surface area contributed by atoms with E-state index >= 15 is 0 Å². The zero-order chi connectivity index (χ0) is 9.26. The van der Waals surface area contributed by atoms with Crippen molar-refractivity contribution in [2.45, 2.75) is 24.1 Å². The van der Waals surface area contributed by atoms with Crippen LogP contribution in [0, 0.1) is 13.8 Å². The molecule has 3 nitrogen and oxygen atoms in total. The molecule has 0 aromatic carbocycles. The minimum atomic E-state index is 0.855. The van der Waals surface area contributed by atoms with Crippen molar-refractivity contribution in [1.82, 2.24) is 9.97 Å². The highest BCUT2D eigenvalue weighted by Gasteiger charge is 2.05. The fourth-order valence-electron chi connectivity index (χ4n) is 0.980. The number of aromatic amines is 1. The molecule has 2 heterocycles. The number of hydrogen-bond donors (Lipinski definition) is 1. The number of aromatic nitrogens is 2. The van der Waals surface area contributed by atoms with Crippen LogP contribution in [0.3, 0.4) is 0 Å². The number of nitrogens with zero attached hydrogens (tertiary/aromatic N) is 1. The first-order valence-electron chi connectivity index (χ1n) is 4.00. The van der Waals surface area contributed by atoms with Gasteiger partial charge in [-0.25, -0.2) is 4.98 Å². The van der Waals surface area contributed by atoms with Crippen LogP contribution in [0.1, 0.15) is 11.4 Å². The predicted octanol–water partition coefficient (Wildman–Crippen LogP) is 2.77. The van der Waals surface area contributed by atoms with E-state index in [1.165, 1.54) is 11.8 Å². The number of aryl methyl sites for hydroxylation is 2. The van der Waals surface area contributed by atoms with Crippen LogP contribution in [-0.4, -0.2) is 9.97 Å². The van der Waals surface area contributed by atoms with Crippen molar-refractivity contribution in [3.05, 3.63) is 29.8 Å². The van der Waals surface area contributed by atoms with Gasteiger partial charge >= 0.3 is 0 Å². The lowest BCUT2D eigenvalue weighted by Crippen LogP contribution is -1.72. The van der Waals surface area contributed by atoms with E-state index < -0.39 is 0 Å². The zero-order valence-corrected chi connectivity index (χ0v) is 8.31. The number of hydrogen-bond acceptors (Lipinski definition) is 3. The Labute approximate surface area is 80.6 Å². The van der Waals surface area contributed by atoms with Gasteiger partial charge in [0.15, 0.2) is 10.2 Å². The molecule has 2 aromatic heterocycles. The molecular formula is C9H10N2OS. The average molecular weight is 194 g/mol. The smallest absolute Gasteiger partial charge is 0.173 e. The van der Waals surface area contributed by atoms with Crippen molar-refractivity contribution in [1.29, 1.82) is 0 Å². The van der Waals surface area contributed by atoms with Gasteiger partial charge in [0.1, 0.15) is 0 Å². The lowest BCUT2D eigenvalue weighted by Gasteiger charge is -1.89. The molecule has 4 heteroatoms. The summed E-state index contributed by atoms with van der Waals surface area (Å²) in [5.74, 6) is 0. The van der Waals surface area contributed by atoms with Gasteiger partial charge in [-0.3, -0.25) is 0 Å². The Hall–Kier alpha value is -1.16. The Kier molecular flexibility index (Phi) is 2.14. The zero-order valence-electron chi connectivity index (χ0n) is 7.50. The first-order chi connectivity index (χ1) is 6.25. The van der Waals surface area contributed by atoms with E-state index in [9.17, 15) is 0 Å². The molecule has 68 valence electrons. The molecule has 2 aromatic rings. The molecular weight excluding hydrogens is 184 g/mol. The fraction of sp³-hybridized carbons (Fsp3) is 0.222. The van der Waals surface area contributed by atoms with Gasteiger partial charge in [0, 0.05) is 5.69 Å². The third-order valence-electron chi connectivity index (χ3n) is 1.80. The number of rotatable bonds is 2.